The van der Waals surface area contributed by atoms with Gasteiger partial charge in [-0.25, -0.2) is 4.39 Å². The van der Waals surface area contributed by atoms with Crippen molar-refractivity contribution in [2.45, 2.75) is 12.3 Å². The summed E-state index contributed by atoms with van der Waals surface area (Å²) in [5, 5.41) is 0.179. The number of terminal acetylenes is 1. The Morgan fingerprint density at radius 2 is 2.26 bits per heavy atom. The molecule has 5 heteroatoms. The summed E-state index contributed by atoms with van der Waals surface area (Å²) in [7, 11) is 0. The van der Waals surface area contributed by atoms with Crippen molar-refractivity contribution in [3.8, 4) is 12.3 Å². The van der Waals surface area contributed by atoms with E-state index in [4.69, 9.17) is 11.2 Å². The number of hydrogen-bond donors (Lipinski definition) is 0. The Kier molecular flexibility index (Phi) is 7.29. The summed E-state index contributed by atoms with van der Waals surface area (Å²) < 4.78 is 19.5. The van der Waals surface area contributed by atoms with Gasteiger partial charge < -0.3 is 4.74 Å². The summed E-state index contributed by atoms with van der Waals surface area (Å²) in [5.74, 6) is 1.33. The van der Waals surface area contributed by atoms with E-state index < -0.39 is 11.7 Å². The number of Topliss-reactive ketones (excluding diaryl/α,β-unsaturated/α-hetero) is 1. The van der Waals surface area contributed by atoms with E-state index in [-0.39, 0.29) is 17.7 Å². The highest BCUT2D eigenvalue weighted by molar-refractivity contribution is 9.10. The number of rotatable bonds is 7. The third kappa shape index (κ3) is 4.72. The SMILES string of the molecule is C#CCOCCC(C(=O)CBr)c1cccc(Br)c1F. The van der Waals surface area contributed by atoms with E-state index in [1.807, 2.05) is 0 Å². The van der Waals surface area contributed by atoms with Crippen LogP contribution in [0.15, 0.2) is 22.7 Å². The zero-order chi connectivity index (χ0) is 14.3. The van der Waals surface area contributed by atoms with Crippen LogP contribution < -0.4 is 0 Å². The van der Waals surface area contributed by atoms with Gasteiger partial charge in [-0.15, -0.1) is 6.42 Å². The van der Waals surface area contributed by atoms with Crippen molar-refractivity contribution in [3.05, 3.63) is 34.1 Å². The monoisotopic (exact) mass is 390 g/mol. The van der Waals surface area contributed by atoms with Crippen LogP contribution in [-0.4, -0.2) is 24.3 Å². The van der Waals surface area contributed by atoms with E-state index in [2.05, 4.69) is 37.8 Å². The molecule has 1 aromatic rings. The van der Waals surface area contributed by atoms with Crippen LogP contribution in [0.4, 0.5) is 4.39 Å². The fourth-order valence-corrected chi connectivity index (χ4v) is 2.48. The summed E-state index contributed by atoms with van der Waals surface area (Å²) >= 11 is 6.24. The average Bonchev–Trinajstić information content (AvgIpc) is 2.42. The predicted octanol–water partition coefficient (Wildman–Crippen LogP) is 3.68. The molecule has 0 spiro atoms. The fraction of sp³-hybridized carbons (Fsp3) is 0.357. The van der Waals surface area contributed by atoms with Crippen LogP contribution in [0.3, 0.4) is 0 Å². The Morgan fingerprint density at radius 3 is 2.89 bits per heavy atom. The molecule has 0 saturated heterocycles. The quantitative estimate of drug-likeness (QED) is 0.402. The molecule has 1 rings (SSSR count). The standard InChI is InChI=1S/C14H13Br2FO2/c1-2-7-19-8-6-10(13(18)9-15)11-4-3-5-12(16)14(11)17/h1,3-5,10H,6-9H2. The van der Waals surface area contributed by atoms with Crippen LogP contribution in [0, 0.1) is 18.2 Å². The Labute approximate surface area is 129 Å². The molecular weight excluding hydrogens is 379 g/mol. The molecular formula is C14H13Br2FO2. The molecule has 0 aliphatic carbocycles. The number of alkyl halides is 1. The van der Waals surface area contributed by atoms with Crippen molar-refractivity contribution in [1.82, 2.24) is 0 Å². The van der Waals surface area contributed by atoms with Gasteiger partial charge in [-0.05, 0) is 34.0 Å². The largest absolute Gasteiger partial charge is 0.369 e. The van der Waals surface area contributed by atoms with Gasteiger partial charge in [-0.2, -0.15) is 0 Å². The highest BCUT2D eigenvalue weighted by atomic mass is 79.9. The first-order valence-electron chi connectivity index (χ1n) is 5.65. The molecule has 0 heterocycles. The third-order valence-electron chi connectivity index (χ3n) is 2.61. The number of benzene rings is 1. The van der Waals surface area contributed by atoms with E-state index in [9.17, 15) is 9.18 Å². The van der Waals surface area contributed by atoms with Crippen LogP contribution in [0.5, 0.6) is 0 Å². The number of halogens is 3. The molecule has 0 aromatic heterocycles. The molecule has 0 saturated carbocycles. The summed E-state index contributed by atoms with van der Waals surface area (Å²) in [6.45, 7) is 0.510. The molecule has 0 aliphatic rings. The van der Waals surface area contributed by atoms with Gasteiger partial charge in [0.25, 0.3) is 0 Å². The summed E-state index contributed by atoms with van der Waals surface area (Å²) in [6, 6.07) is 4.93. The summed E-state index contributed by atoms with van der Waals surface area (Å²) in [6.07, 6.45) is 5.47. The van der Waals surface area contributed by atoms with Gasteiger partial charge in [-0.1, -0.05) is 34.0 Å². The maximum atomic E-state index is 14.0. The van der Waals surface area contributed by atoms with Crippen molar-refractivity contribution in [2.24, 2.45) is 0 Å². The molecule has 102 valence electrons. The number of ether oxygens (including phenoxy) is 1. The number of hydrogen-bond acceptors (Lipinski definition) is 2. The smallest absolute Gasteiger partial charge is 0.151 e. The number of ketones is 1. The lowest BCUT2D eigenvalue weighted by molar-refractivity contribution is -0.118. The van der Waals surface area contributed by atoms with Gasteiger partial charge in [0, 0.05) is 12.5 Å². The molecule has 0 fully saturated rings. The topological polar surface area (TPSA) is 26.3 Å². The molecule has 0 radical (unpaired) electrons. The zero-order valence-electron chi connectivity index (χ0n) is 10.2. The van der Waals surface area contributed by atoms with Gasteiger partial charge in [0.05, 0.1) is 9.80 Å². The second-order valence-corrected chi connectivity index (χ2v) is 5.26. The molecule has 1 aromatic carbocycles. The molecule has 0 N–H and O–H groups in total. The van der Waals surface area contributed by atoms with Crippen molar-refractivity contribution < 1.29 is 13.9 Å². The van der Waals surface area contributed by atoms with E-state index in [0.717, 1.165) is 0 Å². The van der Waals surface area contributed by atoms with Crippen molar-refractivity contribution >= 4 is 37.6 Å². The normalized spacial score (nSPS) is 11.9. The van der Waals surface area contributed by atoms with Gasteiger partial charge in [0.15, 0.2) is 5.78 Å². The van der Waals surface area contributed by atoms with Gasteiger partial charge in [-0.3, -0.25) is 4.79 Å². The van der Waals surface area contributed by atoms with Gasteiger partial charge in [0.2, 0.25) is 0 Å². The van der Waals surface area contributed by atoms with Crippen LogP contribution in [0.2, 0.25) is 0 Å². The maximum absolute atomic E-state index is 14.0. The van der Waals surface area contributed by atoms with Crippen molar-refractivity contribution in [2.75, 3.05) is 18.5 Å². The summed E-state index contributed by atoms with van der Waals surface area (Å²) in [4.78, 5) is 11.9. The fourth-order valence-electron chi connectivity index (χ4n) is 1.70. The highest BCUT2D eigenvalue weighted by Crippen LogP contribution is 2.28. The Bertz CT molecular complexity index is 483. The molecule has 2 nitrogen and oxygen atoms in total. The lowest BCUT2D eigenvalue weighted by Gasteiger charge is -2.16. The first-order valence-corrected chi connectivity index (χ1v) is 7.57. The first-order chi connectivity index (χ1) is 9.11. The lowest BCUT2D eigenvalue weighted by atomic mass is 9.92. The van der Waals surface area contributed by atoms with Gasteiger partial charge >= 0.3 is 0 Å². The number of carbonyl (C=O) groups is 1. The van der Waals surface area contributed by atoms with Crippen molar-refractivity contribution in [3.63, 3.8) is 0 Å². The highest BCUT2D eigenvalue weighted by Gasteiger charge is 2.23. The molecule has 0 bridgehead atoms. The second kappa shape index (κ2) is 8.47. The average molecular weight is 392 g/mol. The molecule has 0 aliphatic heterocycles. The predicted molar refractivity (Wildman–Crippen MR) is 79.9 cm³/mol. The molecule has 1 unspecified atom stereocenters. The maximum Gasteiger partial charge on any atom is 0.151 e. The van der Waals surface area contributed by atoms with Crippen LogP contribution in [-0.2, 0) is 9.53 Å². The van der Waals surface area contributed by atoms with Crippen LogP contribution in [0.1, 0.15) is 17.9 Å². The number of carbonyl (C=O) groups excluding carboxylic acids is 1. The second-order valence-electron chi connectivity index (χ2n) is 3.84. The van der Waals surface area contributed by atoms with E-state index >= 15 is 0 Å². The molecule has 1 atom stereocenters. The van der Waals surface area contributed by atoms with Crippen LogP contribution in [0.25, 0.3) is 0 Å². The van der Waals surface area contributed by atoms with E-state index in [1.165, 1.54) is 0 Å². The summed E-state index contributed by atoms with van der Waals surface area (Å²) in [5.41, 5.74) is 0.378. The molecule has 19 heavy (non-hydrogen) atoms. The minimum atomic E-state index is -0.533. The first kappa shape index (κ1) is 16.4. The van der Waals surface area contributed by atoms with E-state index in [0.29, 0.717) is 23.1 Å². The third-order valence-corrected chi connectivity index (χ3v) is 3.78. The Morgan fingerprint density at radius 1 is 1.53 bits per heavy atom. The van der Waals surface area contributed by atoms with Crippen molar-refractivity contribution in [1.29, 1.82) is 0 Å². The van der Waals surface area contributed by atoms with Crippen LogP contribution >= 0.6 is 31.9 Å². The zero-order valence-corrected chi connectivity index (χ0v) is 13.3. The minimum absolute atomic E-state index is 0.0821. The minimum Gasteiger partial charge on any atom is -0.369 e. The Hall–Kier alpha value is -0.700. The Balaban J connectivity index is 2.88. The lowest BCUT2D eigenvalue weighted by Crippen LogP contribution is -2.17. The molecule has 0 amide bonds. The van der Waals surface area contributed by atoms with E-state index in [1.54, 1.807) is 18.2 Å². The van der Waals surface area contributed by atoms with Gasteiger partial charge in [0.1, 0.15) is 12.4 Å².